The summed E-state index contributed by atoms with van der Waals surface area (Å²) in [6.07, 6.45) is 3.92. The SMILES string of the molecule is CC(C1CCCc2c1ccc1c2C(C(=O)c2ccc([N+](=O)[O-])cc2)Cc2ccccc2-1)N(C)C. The molecule has 0 amide bonds. The lowest BCUT2D eigenvalue weighted by atomic mass is 9.68. The number of hydrogen-bond donors (Lipinski definition) is 0. The van der Waals surface area contributed by atoms with Gasteiger partial charge in [0.05, 0.1) is 10.8 Å². The van der Waals surface area contributed by atoms with Crippen molar-refractivity contribution in [2.75, 3.05) is 14.1 Å². The smallest absolute Gasteiger partial charge is 0.269 e. The van der Waals surface area contributed by atoms with E-state index < -0.39 is 4.92 Å². The molecule has 0 radical (unpaired) electrons. The van der Waals surface area contributed by atoms with Gasteiger partial charge in [0, 0.05) is 23.7 Å². The van der Waals surface area contributed by atoms with Crippen molar-refractivity contribution in [2.45, 2.75) is 50.5 Å². The number of nitro groups is 1. The second kappa shape index (κ2) is 8.80. The minimum Gasteiger partial charge on any atom is -0.306 e. The highest BCUT2D eigenvalue weighted by Crippen LogP contribution is 2.47. The summed E-state index contributed by atoms with van der Waals surface area (Å²) in [5.74, 6) is 0.202. The first-order valence-corrected chi connectivity index (χ1v) is 12.1. The predicted octanol–water partition coefficient (Wildman–Crippen LogP) is 6.15. The monoisotopic (exact) mass is 454 g/mol. The number of ketones is 1. The quantitative estimate of drug-likeness (QED) is 0.263. The van der Waals surface area contributed by atoms with Crippen molar-refractivity contribution in [1.82, 2.24) is 4.90 Å². The number of rotatable bonds is 5. The van der Waals surface area contributed by atoms with Crippen molar-refractivity contribution in [2.24, 2.45) is 0 Å². The summed E-state index contributed by atoms with van der Waals surface area (Å²) >= 11 is 0. The number of Topliss-reactive ketones (excluding diaryl/α,β-unsaturated/α-hetero) is 1. The van der Waals surface area contributed by atoms with Gasteiger partial charge in [-0.2, -0.15) is 0 Å². The number of non-ortho nitro benzene ring substituents is 1. The van der Waals surface area contributed by atoms with Crippen LogP contribution >= 0.6 is 0 Å². The summed E-state index contributed by atoms with van der Waals surface area (Å²) in [6, 6.07) is 19.4. The maximum atomic E-state index is 13.9. The molecule has 0 aliphatic heterocycles. The highest BCUT2D eigenvalue weighted by atomic mass is 16.6. The summed E-state index contributed by atoms with van der Waals surface area (Å²) in [5.41, 5.74) is 8.01. The molecule has 0 saturated carbocycles. The van der Waals surface area contributed by atoms with Gasteiger partial charge in [0.15, 0.2) is 5.78 Å². The second-order valence-corrected chi connectivity index (χ2v) is 9.88. The number of carbonyl (C=O) groups is 1. The summed E-state index contributed by atoms with van der Waals surface area (Å²) < 4.78 is 0. The number of nitro benzene ring substituents is 1. The third kappa shape index (κ3) is 3.74. The zero-order chi connectivity index (χ0) is 24.0. The summed E-state index contributed by atoms with van der Waals surface area (Å²) in [4.78, 5) is 26.8. The Kier molecular flexibility index (Phi) is 5.82. The molecule has 5 rings (SSSR count). The molecule has 0 N–H and O–H groups in total. The number of likely N-dealkylation sites (N-methyl/N-ethyl adjacent to an activating group) is 1. The fourth-order valence-electron chi connectivity index (χ4n) is 5.91. The standard InChI is InChI=1S/C29H30N2O3/c1-18(30(2)3)22-9-6-10-25-24(22)15-16-26-23-8-5-4-7-20(23)17-27(28(25)26)29(32)19-11-13-21(14-12-19)31(33)34/h4-5,7-8,11-16,18,22,27H,6,9-10,17H2,1-3H3. The normalized spacial score (nSPS) is 19.6. The van der Waals surface area contributed by atoms with Crippen LogP contribution in [0.2, 0.25) is 0 Å². The lowest BCUT2D eigenvalue weighted by molar-refractivity contribution is -0.384. The number of benzene rings is 3. The molecule has 0 aromatic heterocycles. The molecule has 3 aromatic carbocycles. The van der Waals surface area contributed by atoms with E-state index >= 15 is 0 Å². The van der Waals surface area contributed by atoms with Crippen LogP contribution in [0.25, 0.3) is 11.1 Å². The van der Waals surface area contributed by atoms with Gasteiger partial charge in [-0.25, -0.2) is 0 Å². The Hall–Kier alpha value is -3.31. The van der Waals surface area contributed by atoms with Crippen LogP contribution in [0.5, 0.6) is 0 Å². The number of fused-ring (bicyclic) bond motifs is 5. The topological polar surface area (TPSA) is 63.4 Å². The van der Waals surface area contributed by atoms with Gasteiger partial charge >= 0.3 is 0 Å². The van der Waals surface area contributed by atoms with Crippen LogP contribution in [0.1, 0.15) is 64.2 Å². The fourth-order valence-corrected chi connectivity index (χ4v) is 5.91. The van der Waals surface area contributed by atoms with E-state index in [0.29, 0.717) is 23.9 Å². The molecule has 0 bridgehead atoms. The Morgan fingerprint density at radius 2 is 1.76 bits per heavy atom. The van der Waals surface area contributed by atoms with Crippen LogP contribution in [-0.4, -0.2) is 35.7 Å². The molecule has 0 heterocycles. The van der Waals surface area contributed by atoms with Crippen LogP contribution in [0.4, 0.5) is 5.69 Å². The van der Waals surface area contributed by atoms with Crippen LogP contribution in [0.3, 0.4) is 0 Å². The summed E-state index contributed by atoms with van der Waals surface area (Å²) in [5, 5.41) is 11.1. The zero-order valence-corrected chi connectivity index (χ0v) is 20.0. The van der Waals surface area contributed by atoms with Gasteiger partial charge in [0.25, 0.3) is 5.69 Å². The average molecular weight is 455 g/mol. The Morgan fingerprint density at radius 1 is 1.03 bits per heavy atom. The van der Waals surface area contributed by atoms with Gasteiger partial charge in [0.1, 0.15) is 0 Å². The molecule has 34 heavy (non-hydrogen) atoms. The Labute approximate surface area is 200 Å². The van der Waals surface area contributed by atoms with Gasteiger partial charge in [-0.15, -0.1) is 0 Å². The van der Waals surface area contributed by atoms with Crippen LogP contribution in [0.15, 0.2) is 60.7 Å². The molecular formula is C29H30N2O3. The van der Waals surface area contributed by atoms with E-state index in [9.17, 15) is 14.9 Å². The molecular weight excluding hydrogens is 424 g/mol. The van der Waals surface area contributed by atoms with Crippen LogP contribution in [0, 0.1) is 10.1 Å². The molecule has 2 aliphatic rings. The lowest BCUT2D eigenvalue weighted by Gasteiger charge is -2.38. The minimum absolute atomic E-state index is 0.00355. The van der Waals surface area contributed by atoms with E-state index in [-0.39, 0.29) is 17.4 Å². The van der Waals surface area contributed by atoms with Gasteiger partial charge in [-0.3, -0.25) is 14.9 Å². The fraction of sp³-hybridized carbons (Fsp3) is 0.345. The van der Waals surface area contributed by atoms with E-state index in [1.165, 1.54) is 45.5 Å². The Morgan fingerprint density at radius 3 is 2.47 bits per heavy atom. The lowest BCUT2D eigenvalue weighted by Crippen LogP contribution is -2.34. The molecule has 2 aliphatic carbocycles. The maximum absolute atomic E-state index is 13.9. The molecule has 0 saturated heterocycles. The molecule has 5 heteroatoms. The Balaban J connectivity index is 1.65. The van der Waals surface area contributed by atoms with Crippen molar-refractivity contribution in [3.63, 3.8) is 0 Å². The van der Waals surface area contributed by atoms with Gasteiger partial charge in [-0.05, 0) is 98.1 Å². The maximum Gasteiger partial charge on any atom is 0.269 e. The van der Waals surface area contributed by atoms with E-state index in [1.54, 1.807) is 12.1 Å². The van der Waals surface area contributed by atoms with E-state index in [4.69, 9.17) is 0 Å². The third-order valence-corrected chi connectivity index (χ3v) is 7.89. The van der Waals surface area contributed by atoms with Gasteiger partial charge in [0.2, 0.25) is 0 Å². The predicted molar refractivity (Wildman–Crippen MR) is 135 cm³/mol. The van der Waals surface area contributed by atoms with Crippen molar-refractivity contribution in [3.05, 3.63) is 98.6 Å². The number of nitrogens with zero attached hydrogens (tertiary/aromatic N) is 2. The zero-order valence-electron chi connectivity index (χ0n) is 20.0. The van der Waals surface area contributed by atoms with Crippen LogP contribution < -0.4 is 0 Å². The third-order valence-electron chi connectivity index (χ3n) is 7.89. The second-order valence-electron chi connectivity index (χ2n) is 9.88. The molecule has 0 spiro atoms. The van der Waals surface area contributed by atoms with Crippen molar-refractivity contribution < 1.29 is 9.72 Å². The molecule has 0 fully saturated rings. The van der Waals surface area contributed by atoms with Crippen molar-refractivity contribution >= 4 is 11.5 Å². The number of carbonyl (C=O) groups excluding carboxylic acids is 1. The summed E-state index contributed by atoms with van der Waals surface area (Å²) in [7, 11) is 4.27. The first-order valence-electron chi connectivity index (χ1n) is 12.1. The molecule has 174 valence electrons. The molecule has 3 atom stereocenters. The molecule has 3 unspecified atom stereocenters. The minimum atomic E-state index is -0.428. The average Bonchev–Trinajstić information content (AvgIpc) is 2.86. The number of hydrogen-bond acceptors (Lipinski definition) is 4. The van der Waals surface area contributed by atoms with Gasteiger partial charge < -0.3 is 4.90 Å². The first kappa shape index (κ1) is 22.5. The molecule has 3 aromatic rings. The highest BCUT2D eigenvalue weighted by Gasteiger charge is 2.36. The van der Waals surface area contributed by atoms with E-state index in [2.05, 4.69) is 56.3 Å². The summed E-state index contributed by atoms with van der Waals surface area (Å²) in [6.45, 7) is 2.29. The van der Waals surface area contributed by atoms with Crippen molar-refractivity contribution in [3.8, 4) is 11.1 Å². The van der Waals surface area contributed by atoms with E-state index in [1.807, 2.05) is 6.07 Å². The van der Waals surface area contributed by atoms with Crippen LogP contribution in [-0.2, 0) is 12.8 Å². The first-order chi connectivity index (χ1) is 16.4. The largest absolute Gasteiger partial charge is 0.306 e. The highest BCUT2D eigenvalue weighted by molar-refractivity contribution is 6.03. The molecule has 5 nitrogen and oxygen atoms in total. The Bertz CT molecular complexity index is 1260. The van der Waals surface area contributed by atoms with Crippen molar-refractivity contribution in [1.29, 1.82) is 0 Å². The van der Waals surface area contributed by atoms with Gasteiger partial charge in [-0.1, -0.05) is 36.4 Å². The van der Waals surface area contributed by atoms with E-state index in [0.717, 1.165) is 19.3 Å².